The number of ether oxygens (including phenoxy) is 1. The normalized spacial score (nSPS) is 10.4. The van der Waals surface area contributed by atoms with Crippen molar-refractivity contribution in [2.24, 2.45) is 0 Å². The molecule has 0 aliphatic rings. The maximum atomic E-state index is 12.4. The quantitative estimate of drug-likeness (QED) is 0.828. The van der Waals surface area contributed by atoms with Gasteiger partial charge >= 0.3 is 5.97 Å². The fourth-order valence-corrected chi connectivity index (χ4v) is 3.52. The average molecular weight is 331 g/mol. The smallest absolute Gasteiger partial charge is 0.341 e. The highest BCUT2D eigenvalue weighted by Crippen LogP contribution is 2.34. The molecule has 23 heavy (non-hydrogen) atoms. The monoisotopic (exact) mass is 331 g/mol. The van der Waals surface area contributed by atoms with Crippen LogP contribution in [0.3, 0.4) is 0 Å². The zero-order valence-corrected chi connectivity index (χ0v) is 14.7. The second kappa shape index (κ2) is 7.42. The molecule has 0 saturated carbocycles. The number of aryl methyl sites for hydroxylation is 2. The summed E-state index contributed by atoms with van der Waals surface area (Å²) < 4.78 is 5.14. The van der Waals surface area contributed by atoms with E-state index in [1.54, 1.807) is 19.1 Å². The number of anilines is 1. The van der Waals surface area contributed by atoms with Crippen LogP contribution in [-0.4, -0.2) is 18.5 Å². The summed E-state index contributed by atoms with van der Waals surface area (Å²) in [6.45, 7) is 7.99. The van der Waals surface area contributed by atoms with Crippen LogP contribution >= 0.6 is 11.3 Å². The van der Waals surface area contributed by atoms with Crippen molar-refractivity contribution >= 4 is 28.2 Å². The van der Waals surface area contributed by atoms with Crippen molar-refractivity contribution in [1.82, 2.24) is 0 Å². The summed E-state index contributed by atoms with van der Waals surface area (Å²) in [7, 11) is 0. The maximum absolute atomic E-state index is 12.4. The van der Waals surface area contributed by atoms with Crippen molar-refractivity contribution < 1.29 is 14.3 Å². The second-order valence-corrected chi connectivity index (χ2v) is 6.46. The molecule has 5 heteroatoms. The van der Waals surface area contributed by atoms with Gasteiger partial charge < -0.3 is 10.1 Å². The van der Waals surface area contributed by atoms with Gasteiger partial charge in [-0.15, -0.1) is 11.3 Å². The van der Waals surface area contributed by atoms with Gasteiger partial charge in [0.25, 0.3) is 5.91 Å². The lowest BCUT2D eigenvalue weighted by Crippen LogP contribution is -2.15. The van der Waals surface area contributed by atoms with Gasteiger partial charge in [-0.2, -0.15) is 0 Å². The summed E-state index contributed by atoms with van der Waals surface area (Å²) in [6, 6.07) is 7.32. The van der Waals surface area contributed by atoms with E-state index < -0.39 is 0 Å². The summed E-state index contributed by atoms with van der Waals surface area (Å²) in [5.74, 6) is -0.604. The van der Waals surface area contributed by atoms with Crippen molar-refractivity contribution in [3.63, 3.8) is 0 Å². The van der Waals surface area contributed by atoms with Gasteiger partial charge in [0.15, 0.2) is 0 Å². The molecule has 0 radical (unpaired) electrons. The molecule has 1 N–H and O–H groups in total. The van der Waals surface area contributed by atoms with Crippen molar-refractivity contribution in [3.8, 4) is 0 Å². The lowest BCUT2D eigenvalue weighted by molar-refractivity contribution is 0.0527. The Labute approximate surface area is 140 Å². The molecule has 0 saturated heterocycles. The molecule has 1 aromatic heterocycles. The summed E-state index contributed by atoms with van der Waals surface area (Å²) in [6.07, 6.45) is 0.719. The molecule has 0 aliphatic carbocycles. The average Bonchev–Trinajstić information content (AvgIpc) is 2.83. The number of thiophene rings is 1. The predicted molar refractivity (Wildman–Crippen MR) is 93.5 cm³/mol. The Kier molecular flexibility index (Phi) is 5.55. The van der Waals surface area contributed by atoms with Gasteiger partial charge in [-0.25, -0.2) is 4.79 Å². The number of amides is 1. The van der Waals surface area contributed by atoms with E-state index in [4.69, 9.17) is 4.74 Å². The Morgan fingerprint density at radius 1 is 1.13 bits per heavy atom. The van der Waals surface area contributed by atoms with Gasteiger partial charge in [0.1, 0.15) is 5.00 Å². The summed E-state index contributed by atoms with van der Waals surface area (Å²) >= 11 is 1.41. The third kappa shape index (κ3) is 3.79. The van der Waals surface area contributed by atoms with Crippen LogP contribution in [0.15, 0.2) is 24.3 Å². The topological polar surface area (TPSA) is 55.4 Å². The molecular formula is C18H21NO3S. The number of esters is 1. The van der Waals surface area contributed by atoms with Gasteiger partial charge in [0, 0.05) is 10.4 Å². The Morgan fingerprint density at radius 2 is 1.78 bits per heavy atom. The first kappa shape index (κ1) is 17.2. The van der Waals surface area contributed by atoms with Crippen LogP contribution in [0.5, 0.6) is 0 Å². The highest BCUT2D eigenvalue weighted by molar-refractivity contribution is 7.16. The van der Waals surface area contributed by atoms with Crippen molar-refractivity contribution in [2.75, 3.05) is 11.9 Å². The Morgan fingerprint density at radius 3 is 2.35 bits per heavy atom. The van der Waals surface area contributed by atoms with Crippen LogP contribution in [0, 0.1) is 13.8 Å². The molecule has 0 bridgehead atoms. The van der Waals surface area contributed by atoms with Crippen molar-refractivity contribution in [2.45, 2.75) is 34.1 Å². The van der Waals surface area contributed by atoms with Gasteiger partial charge in [-0.3, -0.25) is 4.79 Å². The van der Waals surface area contributed by atoms with Crippen molar-refractivity contribution in [3.05, 3.63) is 51.4 Å². The number of carbonyl (C=O) groups excluding carboxylic acids is 2. The van der Waals surface area contributed by atoms with E-state index in [1.807, 2.05) is 32.9 Å². The molecule has 0 fully saturated rings. The molecule has 0 unspecified atom stereocenters. The van der Waals surface area contributed by atoms with Crippen LogP contribution in [-0.2, 0) is 11.2 Å². The Hall–Kier alpha value is -2.14. The Balaban J connectivity index is 2.33. The highest BCUT2D eigenvalue weighted by Gasteiger charge is 2.23. The van der Waals surface area contributed by atoms with E-state index in [1.165, 1.54) is 11.3 Å². The second-order valence-electron chi connectivity index (χ2n) is 5.24. The molecule has 122 valence electrons. The Bertz CT molecular complexity index is 717. The summed E-state index contributed by atoms with van der Waals surface area (Å²) in [5.41, 5.74) is 3.08. The molecule has 2 aromatic rings. The zero-order chi connectivity index (χ0) is 17.0. The lowest BCUT2D eigenvalue weighted by Gasteiger charge is -2.08. The van der Waals surface area contributed by atoms with Gasteiger partial charge in [0.2, 0.25) is 0 Å². The third-order valence-corrected chi connectivity index (χ3v) is 4.65. The molecule has 0 atom stereocenters. The number of carbonyl (C=O) groups is 2. The number of benzene rings is 1. The molecule has 0 spiro atoms. The van der Waals surface area contributed by atoms with Crippen LogP contribution in [0.4, 0.5) is 5.00 Å². The van der Waals surface area contributed by atoms with E-state index >= 15 is 0 Å². The molecule has 1 amide bonds. The summed E-state index contributed by atoms with van der Waals surface area (Å²) in [4.78, 5) is 25.7. The minimum absolute atomic E-state index is 0.223. The number of hydrogen-bond donors (Lipinski definition) is 1. The van der Waals surface area contributed by atoms with E-state index in [-0.39, 0.29) is 11.9 Å². The van der Waals surface area contributed by atoms with Crippen LogP contribution in [0.25, 0.3) is 0 Å². The fraction of sp³-hybridized carbons (Fsp3) is 0.333. The highest BCUT2D eigenvalue weighted by atomic mass is 32.1. The van der Waals surface area contributed by atoms with Crippen LogP contribution < -0.4 is 5.32 Å². The van der Waals surface area contributed by atoms with E-state index in [0.29, 0.717) is 22.7 Å². The van der Waals surface area contributed by atoms with Gasteiger partial charge in [-0.05, 0) is 44.9 Å². The van der Waals surface area contributed by atoms with Gasteiger partial charge in [-0.1, -0.05) is 24.6 Å². The standard InChI is InChI=1S/C18H21NO3S/c1-5-14-12(4)23-17(15(14)18(21)22-6-2)19-16(20)13-9-7-11(3)8-10-13/h7-10H,5-6H2,1-4H3,(H,19,20). The fourth-order valence-electron chi connectivity index (χ4n) is 2.39. The molecule has 2 rings (SSSR count). The number of hydrogen-bond acceptors (Lipinski definition) is 4. The zero-order valence-electron chi connectivity index (χ0n) is 13.9. The van der Waals surface area contributed by atoms with Gasteiger partial charge in [0.05, 0.1) is 12.2 Å². The first-order chi connectivity index (χ1) is 11.0. The maximum Gasteiger partial charge on any atom is 0.341 e. The number of nitrogens with one attached hydrogen (secondary N) is 1. The van der Waals surface area contributed by atoms with E-state index in [9.17, 15) is 9.59 Å². The van der Waals surface area contributed by atoms with Crippen LogP contribution in [0.2, 0.25) is 0 Å². The largest absolute Gasteiger partial charge is 0.462 e. The minimum atomic E-state index is -0.382. The van der Waals surface area contributed by atoms with Crippen LogP contribution in [0.1, 0.15) is 50.6 Å². The molecular weight excluding hydrogens is 310 g/mol. The van der Waals surface area contributed by atoms with Crippen molar-refractivity contribution in [1.29, 1.82) is 0 Å². The number of rotatable bonds is 5. The SMILES string of the molecule is CCOC(=O)c1c(NC(=O)c2ccc(C)cc2)sc(C)c1CC. The lowest BCUT2D eigenvalue weighted by atomic mass is 10.1. The third-order valence-electron chi connectivity index (χ3n) is 3.58. The first-order valence-corrected chi connectivity index (χ1v) is 8.46. The summed E-state index contributed by atoms with van der Waals surface area (Å²) in [5, 5.41) is 3.42. The minimum Gasteiger partial charge on any atom is -0.462 e. The molecule has 1 aromatic carbocycles. The molecule has 1 heterocycles. The van der Waals surface area contributed by atoms with E-state index in [0.717, 1.165) is 22.4 Å². The molecule has 4 nitrogen and oxygen atoms in total. The predicted octanol–water partition coefficient (Wildman–Crippen LogP) is 4.36. The van der Waals surface area contributed by atoms with E-state index in [2.05, 4.69) is 5.32 Å². The first-order valence-electron chi connectivity index (χ1n) is 7.65. The molecule has 0 aliphatic heterocycles.